The van der Waals surface area contributed by atoms with Crippen molar-refractivity contribution in [2.24, 2.45) is 16.9 Å². The second-order valence-corrected chi connectivity index (χ2v) is 3.96. The van der Waals surface area contributed by atoms with Gasteiger partial charge in [0.25, 0.3) is 0 Å². The second-order valence-electron chi connectivity index (χ2n) is 3.96. The highest BCUT2D eigenvalue weighted by atomic mass is 16.4. The molecule has 1 aliphatic heterocycles. The van der Waals surface area contributed by atoms with Gasteiger partial charge in [-0.1, -0.05) is 19.0 Å². The number of nitrogens with two attached hydrogens (primary N) is 3. The van der Waals surface area contributed by atoms with Crippen molar-refractivity contribution in [1.82, 2.24) is 0 Å². The van der Waals surface area contributed by atoms with Crippen molar-refractivity contribution in [3.63, 3.8) is 0 Å². The van der Waals surface area contributed by atoms with E-state index in [1.165, 1.54) is 0 Å². The molecule has 1 fully saturated rings. The van der Waals surface area contributed by atoms with Crippen LogP contribution < -0.4 is 16.9 Å². The summed E-state index contributed by atoms with van der Waals surface area (Å²) >= 11 is 0. The van der Waals surface area contributed by atoms with Crippen molar-refractivity contribution >= 4 is 20.7 Å². The monoisotopic (exact) mass is 181 g/mol. The molecule has 1 atom stereocenters. The van der Waals surface area contributed by atoms with Gasteiger partial charge in [0.1, 0.15) is 0 Å². The Morgan fingerprint density at radius 3 is 2.38 bits per heavy atom. The van der Waals surface area contributed by atoms with E-state index in [9.17, 15) is 0 Å². The molecular weight excluding hydrogens is 163 g/mol. The van der Waals surface area contributed by atoms with Crippen LogP contribution in [0.3, 0.4) is 0 Å². The summed E-state index contributed by atoms with van der Waals surface area (Å²) in [6, 6.07) is 0.0419. The van der Waals surface area contributed by atoms with E-state index >= 15 is 0 Å². The van der Waals surface area contributed by atoms with Crippen LogP contribution in [-0.4, -0.2) is 26.7 Å². The van der Waals surface area contributed by atoms with Gasteiger partial charge in [-0.3, -0.25) is 0 Å². The van der Waals surface area contributed by atoms with E-state index in [0.29, 0.717) is 0 Å². The largest absolute Gasteiger partial charge is 0.424 e. The number of rotatable bonds is 0. The normalized spacial score (nSPS) is 26.8. The molecular formula is C6H18B3N3O. The van der Waals surface area contributed by atoms with E-state index in [4.69, 9.17) is 21.6 Å². The van der Waals surface area contributed by atoms with E-state index in [-0.39, 0.29) is 26.7 Å². The lowest BCUT2D eigenvalue weighted by Crippen LogP contribution is -2.44. The lowest BCUT2D eigenvalue weighted by molar-refractivity contribution is 0.293. The van der Waals surface area contributed by atoms with Crippen LogP contribution in [0.2, 0.25) is 25.3 Å². The van der Waals surface area contributed by atoms with Crippen molar-refractivity contribution in [2.75, 3.05) is 0 Å². The topological polar surface area (TPSA) is 87.3 Å². The Kier molecular flexibility index (Phi) is 4.32. The van der Waals surface area contributed by atoms with Crippen LogP contribution in [0.1, 0.15) is 6.92 Å². The summed E-state index contributed by atoms with van der Waals surface area (Å²) in [6.45, 7) is 2.27. The maximum absolute atomic E-state index is 5.91. The summed E-state index contributed by atoms with van der Waals surface area (Å²) in [5.74, 6) is 0. The summed E-state index contributed by atoms with van der Waals surface area (Å²) in [5, 5.41) is 0. The zero-order valence-electron chi connectivity index (χ0n) is 8.28. The predicted octanol–water partition coefficient (Wildman–Crippen LogP) is -0.708. The smallest absolute Gasteiger partial charge is 0.375 e. The predicted molar refractivity (Wildman–Crippen MR) is 59.6 cm³/mol. The van der Waals surface area contributed by atoms with Gasteiger partial charge in [0.05, 0.1) is 0 Å². The molecule has 4 nitrogen and oxygen atoms in total. The highest BCUT2D eigenvalue weighted by Gasteiger charge is 2.27. The SMILES string of the molecule is CC1OB(N)CCB(N)CCB1N. The first-order chi connectivity index (χ1) is 6.09. The molecule has 1 rings (SSSR count). The molecule has 0 spiro atoms. The number of hydrogen-bond acceptors (Lipinski definition) is 4. The van der Waals surface area contributed by atoms with Gasteiger partial charge < -0.3 is 21.6 Å². The van der Waals surface area contributed by atoms with Gasteiger partial charge in [-0.15, -0.1) is 0 Å². The summed E-state index contributed by atoms with van der Waals surface area (Å²) in [7, 11) is -0.204. The first kappa shape index (κ1) is 11.1. The molecule has 0 aromatic carbocycles. The summed E-state index contributed by atoms with van der Waals surface area (Å²) in [5.41, 5.74) is 17.5. The van der Waals surface area contributed by atoms with E-state index < -0.39 is 0 Å². The average molecular weight is 181 g/mol. The average Bonchev–Trinajstić information content (AvgIpc) is 2.13. The standard InChI is InChI=1S/C6H18B3N3O/c1-6-8(11)4-2-7(10)3-5-9(12)13-6/h6H,2-5,10-12H2,1H3. The quantitative estimate of drug-likeness (QED) is 0.430. The molecule has 0 aromatic rings. The van der Waals surface area contributed by atoms with E-state index in [1.54, 1.807) is 0 Å². The van der Waals surface area contributed by atoms with Crippen LogP contribution in [0.25, 0.3) is 0 Å². The molecule has 0 saturated carbocycles. The fourth-order valence-corrected chi connectivity index (χ4v) is 1.61. The van der Waals surface area contributed by atoms with Gasteiger partial charge in [0.2, 0.25) is 13.7 Å². The lowest BCUT2D eigenvalue weighted by atomic mass is 9.46. The molecule has 7 heteroatoms. The lowest BCUT2D eigenvalue weighted by Gasteiger charge is -2.18. The molecule has 0 aliphatic carbocycles. The Morgan fingerprint density at radius 2 is 1.69 bits per heavy atom. The Balaban J connectivity index is 2.48. The molecule has 0 bridgehead atoms. The Labute approximate surface area is 81.3 Å². The third kappa shape index (κ3) is 3.73. The Bertz CT molecular complexity index is 162. The minimum atomic E-state index is -0.204. The first-order valence-corrected chi connectivity index (χ1v) is 5.02. The van der Waals surface area contributed by atoms with Crippen LogP contribution >= 0.6 is 0 Å². The highest BCUT2D eigenvalue weighted by molar-refractivity contribution is 6.64. The highest BCUT2D eigenvalue weighted by Crippen LogP contribution is 2.12. The van der Waals surface area contributed by atoms with E-state index in [2.05, 4.69) is 0 Å². The van der Waals surface area contributed by atoms with Crippen molar-refractivity contribution in [1.29, 1.82) is 0 Å². The maximum atomic E-state index is 5.91. The molecule has 72 valence electrons. The minimum absolute atomic E-state index is 0.0419. The molecule has 0 aromatic heterocycles. The maximum Gasteiger partial charge on any atom is 0.375 e. The van der Waals surface area contributed by atoms with Crippen LogP contribution in [0.5, 0.6) is 0 Å². The van der Waals surface area contributed by atoms with Crippen molar-refractivity contribution in [3.8, 4) is 0 Å². The summed E-state index contributed by atoms with van der Waals surface area (Å²) < 4.78 is 5.53. The van der Waals surface area contributed by atoms with E-state index in [1.807, 2.05) is 6.92 Å². The van der Waals surface area contributed by atoms with Crippen LogP contribution in [-0.2, 0) is 4.65 Å². The molecule has 0 amide bonds. The third-order valence-electron chi connectivity index (χ3n) is 2.69. The second kappa shape index (κ2) is 5.05. The fraction of sp³-hybridized carbons (Fsp3) is 1.00. The van der Waals surface area contributed by atoms with Gasteiger partial charge >= 0.3 is 7.05 Å². The van der Waals surface area contributed by atoms with Crippen LogP contribution in [0, 0.1) is 0 Å². The summed E-state index contributed by atoms with van der Waals surface area (Å²) in [4.78, 5) is 0. The molecule has 0 radical (unpaired) electrons. The van der Waals surface area contributed by atoms with Gasteiger partial charge in [0.15, 0.2) is 0 Å². The minimum Gasteiger partial charge on any atom is -0.424 e. The fourth-order valence-electron chi connectivity index (χ4n) is 1.61. The van der Waals surface area contributed by atoms with Crippen LogP contribution in [0.15, 0.2) is 0 Å². The molecule has 1 heterocycles. The Hall–Kier alpha value is 0.0348. The molecule has 13 heavy (non-hydrogen) atoms. The third-order valence-corrected chi connectivity index (χ3v) is 2.69. The molecule has 6 N–H and O–H groups in total. The van der Waals surface area contributed by atoms with Gasteiger partial charge in [0, 0.05) is 6.00 Å². The number of hydrogen-bond donors (Lipinski definition) is 3. The zero-order chi connectivity index (χ0) is 9.84. The van der Waals surface area contributed by atoms with Crippen molar-refractivity contribution in [2.45, 2.75) is 38.2 Å². The van der Waals surface area contributed by atoms with Crippen molar-refractivity contribution < 1.29 is 4.65 Å². The zero-order valence-corrected chi connectivity index (χ0v) is 8.28. The molecule has 1 saturated heterocycles. The molecule has 1 unspecified atom stereocenters. The van der Waals surface area contributed by atoms with Gasteiger partial charge in [-0.2, -0.15) is 0 Å². The first-order valence-electron chi connectivity index (χ1n) is 5.02. The van der Waals surface area contributed by atoms with Gasteiger partial charge in [-0.25, -0.2) is 0 Å². The summed E-state index contributed by atoms with van der Waals surface area (Å²) in [6.07, 6.45) is 3.66. The molecule has 1 aliphatic rings. The van der Waals surface area contributed by atoms with Crippen molar-refractivity contribution in [3.05, 3.63) is 0 Å². The Morgan fingerprint density at radius 1 is 1.08 bits per heavy atom. The van der Waals surface area contributed by atoms with E-state index in [0.717, 1.165) is 25.3 Å². The van der Waals surface area contributed by atoms with Gasteiger partial charge in [-0.05, 0) is 13.2 Å². The van der Waals surface area contributed by atoms with Crippen LogP contribution in [0.4, 0.5) is 0 Å².